The predicted octanol–water partition coefficient (Wildman–Crippen LogP) is -0.960. The van der Waals surface area contributed by atoms with E-state index in [1.807, 2.05) is 0 Å². The van der Waals surface area contributed by atoms with Crippen molar-refractivity contribution in [3.63, 3.8) is 0 Å². The zero-order valence-corrected chi connectivity index (χ0v) is 8.87. The van der Waals surface area contributed by atoms with Crippen molar-refractivity contribution in [2.24, 2.45) is 12.8 Å². The van der Waals surface area contributed by atoms with Crippen LogP contribution in [0.1, 0.15) is 0 Å². The molecule has 7 nitrogen and oxygen atoms in total. The molecule has 0 aliphatic carbocycles. The summed E-state index contributed by atoms with van der Waals surface area (Å²) in [6.07, 6.45) is 5.04. The SMILES string of the molecule is Cn1ncc2c(=O)n(CC=CCN)nnc21. The molecule has 0 radical (unpaired) electrons. The first-order valence-electron chi connectivity index (χ1n) is 4.84. The van der Waals surface area contributed by atoms with Gasteiger partial charge in [0.15, 0.2) is 5.65 Å². The van der Waals surface area contributed by atoms with Crippen LogP contribution in [0.5, 0.6) is 0 Å². The molecule has 7 heteroatoms. The molecule has 0 spiro atoms. The van der Waals surface area contributed by atoms with Crippen molar-refractivity contribution >= 4 is 11.0 Å². The molecule has 0 saturated heterocycles. The summed E-state index contributed by atoms with van der Waals surface area (Å²) in [4.78, 5) is 11.9. The van der Waals surface area contributed by atoms with E-state index in [1.165, 1.54) is 15.6 Å². The highest BCUT2D eigenvalue weighted by Gasteiger charge is 2.07. The van der Waals surface area contributed by atoms with Crippen LogP contribution in [0.2, 0.25) is 0 Å². The maximum absolute atomic E-state index is 11.9. The lowest BCUT2D eigenvalue weighted by atomic mass is 10.4. The van der Waals surface area contributed by atoms with Gasteiger partial charge >= 0.3 is 0 Å². The molecule has 0 amide bonds. The maximum Gasteiger partial charge on any atom is 0.281 e. The monoisotopic (exact) mass is 220 g/mol. The van der Waals surface area contributed by atoms with Gasteiger partial charge in [-0.25, -0.2) is 9.36 Å². The molecule has 2 aromatic rings. The molecule has 0 saturated carbocycles. The summed E-state index contributed by atoms with van der Waals surface area (Å²) in [5.74, 6) is 0. The van der Waals surface area contributed by atoms with Crippen LogP contribution in [-0.2, 0) is 13.6 Å². The summed E-state index contributed by atoms with van der Waals surface area (Å²) in [5, 5.41) is 12.2. The third-order valence-electron chi connectivity index (χ3n) is 2.20. The second-order valence-electron chi connectivity index (χ2n) is 3.29. The molecule has 2 heterocycles. The van der Waals surface area contributed by atoms with Gasteiger partial charge in [0.2, 0.25) is 0 Å². The first kappa shape index (κ1) is 10.5. The Morgan fingerprint density at radius 1 is 1.50 bits per heavy atom. The molecule has 84 valence electrons. The van der Waals surface area contributed by atoms with Crippen molar-refractivity contribution < 1.29 is 0 Å². The first-order valence-corrected chi connectivity index (χ1v) is 4.84. The zero-order valence-electron chi connectivity index (χ0n) is 8.87. The Kier molecular flexibility index (Phi) is 2.78. The highest BCUT2D eigenvalue weighted by molar-refractivity contribution is 5.72. The number of nitrogens with zero attached hydrogens (tertiary/aromatic N) is 5. The number of nitrogens with two attached hydrogens (primary N) is 1. The Balaban J connectivity index is 2.45. The van der Waals surface area contributed by atoms with Crippen LogP contribution in [0.4, 0.5) is 0 Å². The molecule has 0 atom stereocenters. The van der Waals surface area contributed by atoms with Crippen molar-refractivity contribution in [2.75, 3.05) is 6.54 Å². The Labute approximate surface area is 91.2 Å². The maximum atomic E-state index is 11.9. The summed E-state index contributed by atoms with van der Waals surface area (Å²) in [5.41, 5.74) is 5.60. The van der Waals surface area contributed by atoms with Crippen molar-refractivity contribution in [1.82, 2.24) is 24.8 Å². The van der Waals surface area contributed by atoms with Gasteiger partial charge in [-0.1, -0.05) is 17.4 Å². The zero-order chi connectivity index (χ0) is 11.5. The number of allylic oxidation sites excluding steroid dienone is 1. The van der Waals surface area contributed by atoms with Crippen molar-refractivity contribution in [3.8, 4) is 0 Å². The fourth-order valence-corrected chi connectivity index (χ4v) is 1.37. The van der Waals surface area contributed by atoms with Crippen LogP contribution in [-0.4, -0.2) is 31.3 Å². The standard InChI is InChI=1S/C9H12N6O/c1-14-8-7(6-11-14)9(16)15(13-12-8)5-3-2-4-10/h2-3,6H,4-5,10H2,1H3. The number of rotatable bonds is 3. The topological polar surface area (TPSA) is 91.6 Å². The molecule has 2 rings (SSSR count). The van der Waals surface area contributed by atoms with E-state index in [4.69, 9.17) is 5.73 Å². The number of fused-ring (bicyclic) bond motifs is 1. The van der Waals surface area contributed by atoms with Crippen LogP contribution >= 0.6 is 0 Å². The molecule has 0 aliphatic heterocycles. The summed E-state index contributed by atoms with van der Waals surface area (Å²) in [7, 11) is 1.72. The van der Waals surface area contributed by atoms with Crippen LogP contribution in [0.3, 0.4) is 0 Å². The molecule has 2 aromatic heterocycles. The summed E-state index contributed by atoms with van der Waals surface area (Å²) >= 11 is 0. The lowest BCUT2D eigenvalue weighted by Crippen LogP contribution is -2.23. The van der Waals surface area contributed by atoms with Gasteiger partial charge in [0.25, 0.3) is 5.56 Å². The van der Waals surface area contributed by atoms with E-state index in [1.54, 1.807) is 19.2 Å². The van der Waals surface area contributed by atoms with Crippen molar-refractivity contribution in [1.29, 1.82) is 0 Å². The van der Waals surface area contributed by atoms with Crippen molar-refractivity contribution in [2.45, 2.75) is 6.54 Å². The second kappa shape index (κ2) is 4.23. The highest BCUT2D eigenvalue weighted by Crippen LogP contribution is 2.01. The molecule has 0 aliphatic rings. The minimum atomic E-state index is -0.195. The van der Waals surface area contributed by atoms with E-state index < -0.39 is 0 Å². The van der Waals surface area contributed by atoms with E-state index in [0.29, 0.717) is 24.1 Å². The van der Waals surface area contributed by atoms with E-state index in [0.717, 1.165) is 0 Å². The fourth-order valence-electron chi connectivity index (χ4n) is 1.37. The van der Waals surface area contributed by atoms with E-state index >= 15 is 0 Å². The summed E-state index contributed by atoms with van der Waals surface area (Å²) in [6.45, 7) is 0.811. The predicted molar refractivity (Wildman–Crippen MR) is 58.8 cm³/mol. The van der Waals surface area contributed by atoms with Gasteiger partial charge in [0, 0.05) is 13.6 Å². The van der Waals surface area contributed by atoms with E-state index in [2.05, 4.69) is 15.4 Å². The largest absolute Gasteiger partial charge is 0.327 e. The smallest absolute Gasteiger partial charge is 0.281 e. The molecular formula is C9H12N6O. The van der Waals surface area contributed by atoms with Crippen LogP contribution in [0, 0.1) is 0 Å². The minimum absolute atomic E-state index is 0.195. The molecule has 0 bridgehead atoms. The van der Waals surface area contributed by atoms with E-state index in [-0.39, 0.29) is 5.56 Å². The lowest BCUT2D eigenvalue weighted by molar-refractivity contribution is 0.604. The quantitative estimate of drug-likeness (QED) is 0.672. The highest BCUT2D eigenvalue weighted by atomic mass is 16.1. The molecule has 0 unspecified atom stereocenters. The Morgan fingerprint density at radius 3 is 3.06 bits per heavy atom. The first-order chi connectivity index (χ1) is 7.74. The van der Waals surface area contributed by atoms with Gasteiger partial charge in [-0.15, -0.1) is 5.10 Å². The molecule has 16 heavy (non-hydrogen) atoms. The second-order valence-corrected chi connectivity index (χ2v) is 3.29. The lowest BCUT2D eigenvalue weighted by Gasteiger charge is -1.98. The Hall–Kier alpha value is -2.02. The van der Waals surface area contributed by atoms with Gasteiger partial charge in [0.05, 0.1) is 12.7 Å². The third kappa shape index (κ3) is 1.72. The molecular weight excluding hydrogens is 208 g/mol. The van der Waals surface area contributed by atoms with E-state index in [9.17, 15) is 4.79 Å². The van der Waals surface area contributed by atoms with Gasteiger partial charge in [0.1, 0.15) is 5.39 Å². The minimum Gasteiger partial charge on any atom is -0.327 e. The van der Waals surface area contributed by atoms with Gasteiger partial charge in [-0.3, -0.25) is 4.79 Å². The van der Waals surface area contributed by atoms with Gasteiger partial charge in [-0.05, 0) is 0 Å². The molecule has 0 fully saturated rings. The molecule has 2 N–H and O–H groups in total. The van der Waals surface area contributed by atoms with Gasteiger partial charge in [-0.2, -0.15) is 5.10 Å². The third-order valence-corrected chi connectivity index (χ3v) is 2.20. The number of aromatic nitrogens is 5. The van der Waals surface area contributed by atoms with Gasteiger partial charge < -0.3 is 5.73 Å². The number of hydrogen-bond donors (Lipinski definition) is 1. The number of hydrogen-bond acceptors (Lipinski definition) is 5. The van der Waals surface area contributed by atoms with Crippen LogP contribution in [0.15, 0.2) is 23.1 Å². The average molecular weight is 220 g/mol. The van der Waals surface area contributed by atoms with Crippen LogP contribution < -0.4 is 11.3 Å². The Morgan fingerprint density at radius 2 is 2.31 bits per heavy atom. The summed E-state index contributed by atoms with van der Waals surface area (Å²) in [6, 6.07) is 0. The average Bonchev–Trinajstić information content (AvgIpc) is 2.65. The normalized spacial score (nSPS) is 11.6. The van der Waals surface area contributed by atoms with Crippen molar-refractivity contribution in [3.05, 3.63) is 28.7 Å². The number of aryl methyl sites for hydroxylation is 1. The van der Waals surface area contributed by atoms with Crippen LogP contribution in [0.25, 0.3) is 11.0 Å². The fraction of sp³-hybridized carbons (Fsp3) is 0.333. The Bertz CT molecular complexity index is 581. The molecule has 0 aromatic carbocycles. The summed E-state index contributed by atoms with van der Waals surface area (Å²) < 4.78 is 2.79.